The van der Waals surface area contributed by atoms with Gasteiger partial charge in [-0.05, 0) is 29.8 Å². The predicted molar refractivity (Wildman–Crippen MR) is 80.3 cm³/mol. The number of hydrogen-bond acceptors (Lipinski definition) is 4. The molecule has 21 heavy (non-hydrogen) atoms. The number of rotatable bonds is 3. The molecule has 0 unspecified atom stereocenters. The van der Waals surface area contributed by atoms with Gasteiger partial charge in [0.15, 0.2) is 11.5 Å². The van der Waals surface area contributed by atoms with Crippen molar-refractivity contribution in [3.63, 3.8) is 0 Å². The number of anilines is 1. The highest BCUT2D eigenvalue weighted by molar-refractivity contribution is 5.56. The Morgan fingerprint density at radius 2 is 1.90 bits per heavy atom. The third-order valence-electron chi connectivity index (χ3n) is 3.21. The zero-order valence-corrected chi connectivity index (χ0v) is 12.0. The van der Waals surface area contributed by atoms with Gasteiger partial charge in [0.2, 0.25) is 5.79 Å². The van der Waals surface area contributed by atoms with Crippen molar-refractivity contribution in [2.45, 2.75) is 26.2 Å². The lowest BCUT2D eigenvalue weighted by molar-refractivity contribution is -0.0431. The fraction of sp³-hybridized carbons (Fsp3) is 0.235. The second-order valence-electron chi connectivity index (χ2n) is 5.43. The van der Waals surface area contributed by atoms with Crippen LogP contribution in [0.25, 0.3) is 0 Å². The second kappa shape index (κ2) is 5.02. The predicted octanol–water partition coefficient (Wildman–Crippen LogP) is 3.68. The van der Waals surface area contributed by atoms with E-state index in [2.05, 4.69) is 11.4 Å². The first-order chi connectivity index (χ1) is 10.1. The molecule has 2 aromatic carbocycles. The van der Waals surface area contributed by atoms with Crippen molar-refractivity contribution in [2.24, 2.45) is 0 Å². The van der Waals surface area contributed by atoms with Gasteiger partial charge in [0, 0.05) is 32.1 Å². The van der Waals surface area contributed by atoms with Crippen molar-refractivity contribution < 1.29 is 9.47 Å². The van der Waals surface area contributed by atoms with Crippen LogP contribution in [0.3, 0.4) is 0 Å². The SMILES string of the molecule is CC1(C)Oc2ccc(NCc3cccc(C#N)c3)cc2O1. The molecular weight excluding hydrogens is 264 g/mol. The minimum atomic E-state index is -0.609. The van der Waals surface area contributed by atoms with Crippen LogP contribution in [0.1, 0.15) is 25.0 Å². The third-order valence-corrected chi connectivity index (χ3v) is 3.21. The maximum Gasteiger partial charge on any atom is 0.246 e. The molecule has 0 bridgehead atoms. The van der Waals surface area contributed by atoms with Gasteiger partial charge < -0.3 is 14.8 Å². The van der Waals surface area contributed by atoms with Crippen LogP contribution in [0.5, 0.6) is 11.5 Å². The first-order valence-corrected chi connectivity index (χ1v) is 6.81. The zero-order valence-electron chi connectivity index (χ0n) is 12.0. The molecule has 1 heterocycles. The molecule has 0 aliphatic carbocycles. The quantitative estimate of drug-likeness (QED) is 0.931. The van der Waals surface area contributed by atoms with Gasteiger partial charge in [0.1, 0.15) is 0 Å². The maximum atomic E-state index is 8.90. The molecule has 0 atom stereocenters. The molecule has 0 spiro atoms. The van der Waals surface area contributed by atoms with E-state index >= 15 is 0 Å². The average Bonchev–Trinajstić information content (AvgIpc) is 2.78. The Morgan fingerprint density at radius 3 is 2.71 bits per heavy atom. The Labute approximate surface area is 123 Å². The highest BCUT2D eigenvalue weighted by atomic mass is 16.7. The van der Waals surface area contributed by atoms with E-state index in [0.717, 1.165) is 22.7 Å². The van der Waals surface area contributed by atoms with Crippen molar-refractivity contribution >= 4 is 5.69 Å². The van der Waals surface area contributed by atoms with Crippen LogP contribution in [-0.4, -0.2) is 5.79 Å². The van der Waals surface area contributed by atoms with E-state index in [1.54, 1.807) is 6.07 Å². The van der Waals surface area contributed by atoms with Crippen LogP contribution < -0.4 is 14.8 Å². The molecule has 0 saturated heterocycles. The highest BCUT2D eigenvalue weighted by Gasteiger charge is 2.31. The van der Waals surface area contributed by atoms with Crippen molar-refractivity contribution in [3.8, 4) is 17.6 Å². The van der Waals surface area contributed by atoms with E-state index in [0.29, 0.717) is 12.1 Å². The lowest BCUT2D eigenvalue weighted by Crippen LogP contribution is -2.29. The highest BCUT2D eigenvalue weighted by Crippen LogP contribution is 2.40. The normalized spacial score (nSPS) is 14.5. The van der Waals surface area contributed by atoms with E-state index in [4.69, 9.17) is 14.7 Å². The number of nitrogens with zero attached hydrogens (tertiary/aromatic N) is 1. The topological polar surface area (TPSA) is 54.3 Å². The first kappa shape index (κ1) is 13.3. The Hall–Kier alpha value is -2.67. The average molecular weight is 280 g/mol. The summed E-state index contributed by atoms with van der Waals surface area (Å²) in [7, 11) is 0. The molecule has 1 aliphatic rings. The third kappa shape index (κ3) is 2.92. The Balaban J connectivity index is 1.71. The molecule has 4 heteroatoms. The van der Waals surface area contributed by atoms with Crippen molar-refractivity contribution in [1.29, 1.82) is 5.26 Å². The molecule has 0 aromatic heterocycles. The molecule has 106 valence electrons. The van der Waals surface area contributed by atoms with Crippen LogP contribution in [0.15, 0.2) is 42.5 Å². The van der Waals surface area contributed by atoms with Crippen molar-refractivity contribution in [2.75, 3.05) is 5.32 Å². The minimum absolute atomic E-state index is 0.609. The Bertz CT molecular complexity index is 717. The van der Waals surface area contributed by atoms with Crippen LogP contribution in [-0.2, 0) is 6.54 Å². The number of fused-ring (bicyclic) bond motifs is 1. The summed E-state index contributed by atoms with van der Waals surface area (Å²) >= 11 is 0. The standard InChI is InChI=1S/C17H16N2O2/c1-17(2)20-15-7-6-14(9-16(15)21-17)19-11-13-5-3-4-12(8-13)10-18/h3-9,19H,11H2,1-2H3. The zero-order chi connectivity index (χ0) is 14.9. The lowest BCUT2D eigenvalue weighted by atomic mass is 10.1. The van der Waals surface area contributed by atoms with E-state index in [1.807, 2.05) is 50.2 Å². The summed E-state index contributed by atoms with van der Waals surface area (Å²) in [4.78, 5) is 0. The van der Waals surface area contributed by atoms with Gasteiger partial charge in [0.25, 0.3) is 0 Å². The molecule has 1 N–H and O–H groups in total. The van der Waals surface area contributed by atoms with Gasteiger partial charge in [-0.25, -0.2) is 0 Å². The van der Waals surface area contributed by atoms with E-state index in [1.165, 1.54) is 0 Å². The molecule has 0 amide bonds. The monoisotopic (exact) mass is 280 g/mol. The fourth-order valence-electron chi connectivity index (χ4n) is 2.29. The molecule has 0 fully saturated rings. The largest absolute Gasteiger partial charge is 0.449 e. The van der Waals surface area contributed by atoms with Gasteiger partial charge in [0.05, 0.1) is 11.6 Å². The smallest absolute Gasteiger partial charge is 0.246 e. The van der Waals surface area contributed by atoms with Crippen LogP contribution in [0, 0.1) is 11.3 Å². The van der Waals surface area contributed by atoms with Gasteiger partial charge in [-0.3, -0.25) is 0 Å². The van der Waals surface area contributed by atoms with Gasteiger partial charge >= 0.3 is 0 Å². The summed E-state index contributed by atoms with van der Waals surface area (Å²) in [6, 6.07) is 15.5. The van der Waals surface area contributed by atoms with Crippen molar-refractivity contribution in [3.05, 3.63) is 53.6 Å². The summed E-state index contributed by atoms with van der Waals surface area (Å²) in [5, 5.41) is 12.2. The van der Waals surface area contributed by atoms with E-state index < -0.39 is 5.79 Å². The number of hydrogen-bond donors (Lipinski definition) is 1. The number of ether oxygens (including phenoxy) is 2. The number of nitrogens with one attached hydrogen (secondary N) is 1. The number of benzene rings is 2. The molecule has 0 radical (unpaired) electrons. The van der Waals surface area contributed by atoms with Gasteiger partial charge in [-0.2, -0.15) is 5.26 Å². The minimum Gasteiger partial charge on any atom is -0.449 e. The maximum absolute atomic E-state index is 8.90. The molecular formula is C17H16N2O2. The fourth-order valence-corrected chi connectivity index (χ4v) is 2.29. The molecule has 3 rings (SSSR count). The van der Waals surface area contributed by atoms with E-state index in [-0.39, 0.29) is 0 Å². The summed E-state index contributed by atoms with van der Waals surface area (Å²) in [5.41, 5.74) is 2.69. The van der Waals surface area contributed by atoms with Gasteiger partial charge in [-0.15, -0.1) is 0 Å². The first-order valence-electron chi connectivity index (χ1n) is 6.81. The molecule has 1 aliphatic heterocycles. The van der Waals surface area contributed by atoms with E-state index in [9.17, 15) is 0 Å². The second-order valence-corrected chi connectivity index (χ2v) is 5.43. The summed E-state index contributed by atoms with van der Waals surface area (Å²) in [5.74, 6) is 0.898. The molecule has 4 nitrogen and oxygen atoms in total. The van der Waals surface area contributed by atoms with Crippen LogP contribution in [0.4, 0.5) is 5.69 Å². The summed E-state index contributed by atoms with van der Waals surface area (Å²) < 4.78 is 11.4. The Morgan fingerprint density at radius 1 is 1.10 bits per heavy atom. The summed E-state index contributed by atoms with van der Waals surface area (Å²) in [6.45, 7) is 4.42. The van der Waals surface area contributed by atoms with Crippen molar-refractivity contribution in [1.82, 2.24) is 0 Å². The molecule has 0 saturated carbocycles. The molecule has 2 aromatic rings. The van der Waals surface area contributed by atoms with Crippen LogP contribution in [0.2, 0.25) is 0 Å². The summed E-state index contributed by atoms with van der Waals surface area (Å²) in [6.07, 6.45) is 0. The van der Waals surface area contributed by atoms with Crippen LogP contribution >= 0.6 is 0 Å². The lowest BCUT2D eigenvalue weighted by Gasteiger charge is -2.16. The van der Waals surface area contributed by atoms with Gasteiger partial charge in [-0.1, -0.05) is 12.1 Å². The number of nitriles is 1. The Kier molecular flexibility index (Phi) is 3.19.